The molecule has 1 aromatic carbocycles. The first-order valence-electron chi connectivity index (χ1n) is 6.12. The van der Waals surface area contributed by atoms with Crippen molar-refractivity contribution in [2.24, 2.45) is 11.1 Å². The van der Waals surface area contributed by atoms with Gasteiger partial charge in [0, 0.05) is 5.92 Å². The molecule has 1 aliphatic carbocycles. The van der Waals surface area contributed by atoms with Gasteiger partial charge in [-0.05, 0) is 37.0 Å². The summed E-state index contributed by atoms with van der Waals surface area (Å²) in [5.74, 6) is 1.38. The molecule has 1 aliphatic rings. The van der Waals surface area contributed by atoms with Crippen LogP contribution in [0.2, 0.25) is 0 Å². The van der Waals surface area contributed by atoms with Crippen molar-refractivity contribution >= 4 is 5.71 Å². The number of nitrogens with zero attached hydrogens (tertiary/aromatic N) is 1. The maximum atomic E-state index is 9.16. The highest BCUT2D eigenvalue weighted by atomic mass is 16.4. The maximum Gasteiger partial charge on any atom is 0.151 e. The van der Waals surface area contributed by atoms with Crippen molar-refractivity contribution in [3.05, 3.63) is 59.5 Å². The molecular formula is C15H15NO2. The van der Waals surface area contributed by atoms with Gasteiger partial charge in [-0.3, -0.25) is 0 Å². The summed E-state index contributed by atoms with van der Waals surface area (Å²) >= 11 is 0. The molecule has 1 saturated carbocycles. The monoisotopic (exact) mass is 241 g/mol. The lowest BCUT2D eigenvalue weighted by atomic mass is 10.0. The molecule has 0 amide bonds. The normalized spacial score (nSPS) is 23.1. The fraction of sp³-hybridized carbons (Fsp3) is 0.267. The fourth-order valence-electron chi connectivity index (χ4n) is 2.50. The minimum atomic E-state index is 0.267. The van der Waals surface area contributed by atoms with Crippen molar-refractivity contribution in [1.29, 1.82) is 0 Å². The molecule has 3 nitrogen and oxygen atoms in total. The third-order valence-electron chi connectivity index (χ3n) is 3.49. The second-order valence-electron chi connectivity index (χ2n) is 4.83. The van der Waals surface area contributed by atoms with Gasteiger partial charge in [0.05, 0.1) is 6.26 Å². The van der Waals surface area contributed by atoms with Gasteiger partial charge < -0.3 is 9.62 Å². The lowest BCUT2D eigenvalue weighted by Crippen LogP contribution is -2.03. The number of benzene rings is 1. The summed E-state index contributed by atoms with van der Waals surface area (Å²) in [4.78, 5) is 0. The molecule has 1 N–H and O–H groups in total. The average molecular weight is 241 g/mol. The van der Waals surface area contributed by atoms with Gasteiger partial charge in [0.1, 0.15) is 5.71 Å². The van der Waals surface area contributed by atoms with E-state index in [1.54, 1.807) is 6.26 Å². The molecule has 3 heteroatoms. The topological polar surface area (TPSA) is 45.7 Å². The molecule has 0 bridgehead atoms. The molecule has 0 spiro atoms. The predicted octanol–water partition coefficient (Wildman–Crippen LogP) is 3.57. The van der Waals surface area contributed by atoms with Crippen LogP contribution in [0.4, 0.5) is 0 Å². The Balaban J connectivity index is 1.82. The van der Waals surface area contributed by atoms with Crippen LogP contribution in [-0.2, 0) is 0 Å². The highest BCUT2D eigenvalue weighted by molar-refractivity contribution is 6.02. The van der Waals surface area contributed by atoms with Gasteiger partial charge >= 0.3 is 0 Å². The van der Waals surface area contributed by atoms with Crippen molar-refractivity contribution < 1.29 is 9.62 Å². The quantitative estimate of drug-likeness (QED) is 0.507. The van der Waals surface area contributed by atoms with Gasteiger partial charge in [0.15, 0.2) is 5.76 Å². The Morgan fingerprint density at radius 1 is 1.33 bits per heavy atom. The van der Waals surface area contributed by atoms with Crippen LogP contribution >= 0.6 is 0 Å². The number of hydrogen-bond donors (Lipinski definition) is 1. The van der Waals surface area contributed by atoms with E-state index in [1.807, 2.05) is 12.1 Å². The van der Waals surface area contributed by atoms with E-state index in [4.69, 9.17) is 9.62 Å². The summed E-state index contributed by atoms with van der Waals surface area (Å²) in [7, 11) is 0. The summed E-state index contributed by atoms with van der Waals surface area (Å²) in [5.41, 5.74) is 3.23. The molecule has 3 rings (SSSR count). The van der Waals surface area contributed by atoms with E-state index in [-0.39, 0.29) is 5.92 Å². The summed E-state index contributed by atoms with van der Waals surface area (Å²) in [6.45, 7) is 2.09. The van der Waals surface area contributed by atoms with Gasteiger partial charge in [-0.25, -0.2) is 0 Å². The maximum absolute atomic E-state index is 9.16. The molecule has 0 aliphatic heterocycles. The zero-order chi connectivity index (χ0) is 12.5. The zero-order valence-electron chi connectivity index (χ0n) is 10.2. The molecule has 18 heavy (non-hydrogen) atoms. The number of furan rings is 1. The number of oxime groups is 1. The van der Waals surface area contributed by atoms with Crippen LogP contribution in [0.25, 0.3) is 0 Å². The van der Waals surface area contributed by atoms with Crippen molar-refractivity contribution in [3.8, 4) is 0 Å². The van der Waals surface area contributed by atoms with E-state index in [9.17, 15) is 0 Å². The Labute approximate surface area is 106 Å². The Bertz CT molecular complexity index is 572. The number of rotatable bonds is 3. The van der Waals surface area contributed by atoms with Crippen LogP contribution in [0.5, 0.6) is 0 Å². The first-order valence-corrected chi connectivity index (χ1v) is 6.12. The van der Waals surface area contributed by atoms with Crippen LogP contribution in [0.1, 0.15) is 29.2 Å². The smallest absolute Gasteiger partial charge is 0.151 e. The first kappa shape index (κ1) is 11.1. The van der Waals surface area contributed by atoms with Crippen molar-refractivity contribution in [2.45, 2.75) is 19.3 Å². The largest absolute Gasteiger partial charge is 0.463 e. The minimum absolute atomic E-state index is 0.267. The molecule has 1 heterocycles. The number of aryl methyl sites for hydroxylation is 1. The zero-order valence-corrected chi connectivity index (χ0v) is 10.2. The van der Waals surface area contributed by atoms with E-state index < -0.39 is 0 Å². The first-order chi connectivity index (χ1) is 8.79. The van der Waals surface area contributed by atoms with E-state index in [2.05, 4.69) is 36.3 Å². The molecule has 1 aromatic heterocycles. The highest BCUT2D eigenvalue weighted by Crippen LogP contribution is 2.49. The van der Waals surface area contributed by atoms with Crippen LogP contribution in [0, 0.1) is 12.8 Å². The third-order valence-corrected chi connectivity index (χ3v) is 3.49. The second kappa shape index (κ2) is 4.33. The van der Waals surface area contributed by atoms with Gasteiger partial charge in [0.25, 0.3) is 0 Å². The highest BCUT2D eigenvalue weighted by Gasteiger charge is 2.43. The average Bonchev–Trinajstić information content (AvgIpc) is 2.96. The second-order valence-corrected chi connectivity index (χ2v) is 4.83. The van der Waals surface area contributed by atoms with Crippen LogP contribution in [0.3, 0.4) is 0 Å². The fourth-order valence-corrected chi connectivity index (χ4v) is 2.50. The van der Waals surface area contributed by atoms with E-state index in [1.165, 1.54) is 11.1 Å². The van der Waals surface area contributed by atoms with Gasteiger partial charge in [0.2, 0.25) is 0 Å². The molecule has 2 atom stereocenters. The standard InChI is InChI=1S/C15H15NO2/c1-10-4-2-5-11(8-10)12-9-13(12)15(16-17)14-6-3-7-18-14/h2-8,12-13,17H,9H2,1H3. The Kier molecular flexibility index (Phi) is 2.67. The molecule has 1 fully saturated rings. The van der Waals surface area contributed by atoms with Crippen LogP contribution in [-0.4, -0.2) is 10.9 Å². The molecule has 2 unspecified atom stereocenters. The SMILES string of the molecule is Cc1cccc(C2CC2C(=NO)c2ccco2)c1. The lowest BCUT2D eigenvalue weighted by Gasteiger charge is -2.02. The van der Waals surface area contributed by atoms with Gasteiger partial charge in [-0.2, -0.15) is 0 Å². The Morgan fingerprint density at radius 2 is 2.22 bits per heavy atom. The van der Waals surface area contributed by atoms with E-state index in [0.29, 0.717) is 17.4 Å². The van der Waals surface area contributed by atoms with E-state index in [0.717, 1.165) is 6.42 Å². The molecule has 92 valence electrons. The van der Waals surface area contributed by atoms with Crippen molar-refractivity contribution in [3.63, 3.8) is 0 Å². The predicted molar refractivity (Wildman–Crippen MR) is 69.1 cm³/mol. The summed E-state index contributed by atoms with van der Waals surface area (Å²) < 4.78 is 5.30. The van der Waals surface area contributed by atoms with E-state index >= 15 is 0 Å². The molecule has 0 radical (unpaired) electrons. The van der Waals surface area contributed by atoms with Crippen LogP contribution in [0.15, 0.2) is 52.2 Å². The van der Waals surface area contributed by atoms with Gasteiger partial charge in [-0.15, -0.1) is 0 Å². The number of hydrogen-bond acceptors (Lipinski definition) is 3. The molecular weight excluding hydrogens is 226 g/mol. The summed E-state index contributed by atoms with van der Waals surface area (Å²) in [6.07, 6.45) is 2.62. The molecule has 2 aromatic rings. The molecule has 0 saturated heterocycles. The lowest BCUT2D eigenvalue weighted by molar-refractivity contribution is 0.316. The summed E-state index contributed by atoms with van der Waals surface area (Å²) in [5, 5.41) is 12.6. The minimum Gasteiger partial charge on any atom is -0.463 e. The van der Waals surface area contributed by atoms with Gasteiger partial charge in [-0.1, -0.05) is 35.0 Å². The summed E-state index contributed by atoms with van der Waals surface area (Å²) in [6, 6.07) is 12.1. The Hall–Kier alpha value is -2.03. The van der Waals surface area contributed by atoms with Crippen LogP contribution < -0.4 is 0 Å². The van der Waals surface area contributed by atoms with Crippen molar-refractivity contribution in [2.75, 3.05) is 0 Å². The van der Waals surface area contributed by atoms with Crippen molar-refractivity contribution in [1.82, 2.24) is 0 Å². The third kappa shape index (κ3) is 1.92. The Morgan fingerprint density at radius 3 is 2.89 bits per heavy atom.